The summed E-state index contributed by atoms with van der Waals surface area (Å²) in [6.45, 7) is 4.13. The molecule has 0 atom stereocenters. The molecule has 3 rings (SSSR count). The van der Waals surface area contributed by atoms with Crippen LogP contribution in [0, 0.1) is 5.82 Å². The SMILES string of the molecule is CC(C)n1ncc2c(=O)n(CCC(=O)c3ccc(F)cc3)cnc21. The Kier molecular flexibility index (Phi) is 4.24. The van der Waals surface area contributed by atoms with E-state index in [2.05, 4.69) is 10.1 Å². The van der Waals surface area contributed by atoms with E-state index >= 15 is 0 Å². The fourth-order valence-electron chi connectivity index (χ4n) is 2.51. The maximum atomic E-state index is 12.9. The topological polar surface area (TPSA) is 69.8 Å². The predicted molar refractivity (Wildman–Crippen MR) is 87.5 cm³/mol. The van der Waals surface area contributed by atoms with Gasteiger partial charge in [-0.05, 0) is 38.1 Å². The number of carbonyl (C=O) groups excluding carboxylic acids is 1. The molecule has 124 valence electrons. The van der Waals surface area contributed by atoms with Crippen molar-refractivity contribution in [1.29, 1.82) is 0 Å². The highest BCUT2D eigenvalue weighted by Crippen LogP contribution is 2.12. The first-order chi connectivity index (χ1) is 11.5. The molecule has 0 bridgehead atoms. The Morgan fingerprint density at radius 2 is 1.96 bits per heavy atom. The fourth-order valence-corrected chi connectivity index (χ4v) is 2.51. The lowest BCUT2D eigenvalue weighted by Crippen LogP contribution is -2.22. The van der Waals surface area contributed by atoms with Crippen molar-refractivity contribution in [2.24, 2.45) is 0 Å². The molecule has 0 radical (unpaired) electrons. The second-order valence-corrected chi connectivity index (χ2v) is 5.84. The molecule has 0 aliphatic heterocycles. The van der Waals surface area contributed by atoms with E-state index in [1.165, 1.54) is 41.4 Å². The number of rotatable bonds is 5. The van der Waals surface area contributed by atoms with E-state index in [1.807, 2.05) is 13.8 Å². The molecule has 6 nitrogen and oxygen atoms in total. The average molecular weight is 328 g/mol. The molecule has 2 aromatic heterocycles. The summed E-state index contributed by atoms with van der Waals surface area (Å²) in [5, 5.41) is 4.62. The largest absolute Gasteiger partial charge is 0.298 e. The van der Waals surface area contributed by atoms with Gasteiger partial charge in [-0.2, -0.15) is 5.10 Å². The molecular weight excluding hydrogens is 311 g/mol. The first-order valence-electron chi connectivity index (χ1n) is 7.69. The summed E-state index contributed by atoms with van der Waals surface area (Å²) in [5.41, 5.74) is 0.737. The predicted octanol–water partition coefficient (Wildman–Crippen LogP) is 2.59. The van der Waals surface area contributed by atoms with Crippen molar-refractivity contribution in [3.63, 3.8) is 0 Å². The van der Waals surface area contributed by atoms with Gasteiger partial charge in [0, 0.05) is 24.6 Å². The summed E-state index contributed by atoms with van der Waals surface area (Å²) in [6.07, 6.45) is 3.07. The molecule has 0 fully saturated rings. The minimum atomic E-state index is -0.389. The van der Waals surface area contributed by atoms with Crippen molar-refractivity contribution in [2.45, 2.75) is 32.9 Å². The molecular formula is C17H17FN4O2. The monoisotopic (exact) mass is 328 g/mol. The van der Waals surface area contributed by atoms with Crippen LogP contribution in [0.15, 0.2) is 41.6 Å². The molecule has 3 aromatic rings. The average Bonchev–Trinajstić information content (AvgIpc) is 2.99. The van der Waals surface area contributed by atoms with Gasteiger partial charge in [0.1, 0.15) is 11.2 Å². The van der Waals surface area contributed by atoms with Gasteiger partial charge in [0.2, 0.25) is 0 Å². The minimum absolute atomic E-state index is 0.102. The van der Waals surface area contributed by atoms with E-state index in [4.69, 9.17) is 0 Å². The zero-order valence-corrected chi connectivity index (χ0v) is 13.4. The second-order valence-electron chi connectivity index (χ2n) is 5.84. The molecule has 0 spiro atoms. The first-order valence-corrected chi connectivity index (χ1v) is 7.69. The molecule has 0 unspecified atom stereocenters. The Morgan fingerprint density at radius 3 is 2.62 bits per heavy atom. The second kappa shape index (κ2) is 6.35. The number of aromatic nitrogens is 4. The Hall–Kier alpha value is -2.83. The molecule has 0 saturated carbocycles. The first kappa shape index (κ1) is 16.0. The smallest absolute Gasteiger partial charge is 0.264 e. The highest BCUT2D eigenvalue weighted by Gasteiger charge is 2.13. The molecule has 0 aliphatic rings. The number of nitrogens with zero attached hydrogens (tertiary/aromatic N) is 4. The van der Waals surface area contributed by atoms with Gasteiger partial charge in [0.25, 0.3) is 5.56 Å². The van der Waals surface area contributed by atoms with Crippen LogP contribution in [0.1, 0.15) is 36.7 Å². The molecule has 0 N–H and O–H groups in total. The van der Waals surface area contributed by atoms with Gasteiger partial charge in [-0.25, -0.2) is 14.1 Å². The zero-order valence-electron chi connectivity index (χ0n) is 13.4. The van der Waals surface area contributed by atoms with Crippen molar-refractivity contribution in [3.05, 3.63) is 58.5 Å². The van der Waals surface area contributed by atoms with Crippen LogP contribution in [0.3, 0.4) is 0 Å². The van der Waals surface area contributed by atoms with E-state index in [1.54, 1.807) is 4.68 Å². The molecule has 24 heavy (non-hydrogen) atoms. The Bertz CT molecular complexity index is 941. The number of carbonyl (C=O) groups is 1. The fraction of sp³-hybridized carbons (Fsp3) is 0.294. The summed E-state index contributed by atoms with van der Waals surface area (Å²) in [5.74, 6) is -0.542. The van der Waals surface area contributed by atoms with Crippen LogP contribution in [-0.4, -0.2) is 25.1 Å². The van der Waals surface area contributed by atoms with E-state index < -0.39 is 0 Å². The van der Waals surface area contributed by atoms with Crippen LogP contribution in [0.25, 0.3) is 11.0 Å². The summed E-state index contributed by atoms with van der Waals surface area (Å²) < 4.78 is 16.0. The zero-order chi connectivity index (χ0) is 17.3. The van der Waals surface area contributed by atoms with E-state index in [0.717, 1.165) is 0 Å². The lowest BCUT2D eigenvalue weighted by Gasteiger charge is -2.08. The summed E-state index contributed by atoms with van der Waals surface area (Å²) in [4.78, 5) is 28.9. The van der Waals surface area contributed by atoms with Crippen molar-refractivity contribution < 1.29 is 9.18 Å². The number of Topliss-reactive ketones (excluding diaryl/α,β-unsaturated/α-hetero) is 1. The number of hydrogen-bond acceptors (Lipinski definition) is 4. The van der Waals surface area contributed by atoms with Gasteiger partial charge in [0.05, 0.1) is 12.5 Å². The number of halogens is 1. The maximum absolute atomic E-state index is 12.9. The van der Waals surface area contributed by atoms with E-state index in [9.17, 15) is 14.0 Å². The lowest BCUT2D eigenvalue weighted by molar-refractivity contribution is 0.0976. The maximum Gasteiger partial charge on any atom is 0.264 e. The van der Waals surface area contributed by atoms with Gasteiger partial charge >= 0.3 is 0 Å². The molecule has 7 heteroatoms. The Morgan fingerprint density at radius 1 is 1.25 bits per heavy atom. The summed E-state index contributed by atoms with van der Waals surface area (Å²) in [6, 6.07) is 5.47. The minimum Gasteiger partial charge on any atom is -0.298 e. The standard InChI is InChI=1S/C17H17FN4O2/c1-11(2)22-16-14(9-20-22)17(24)21(10-19-16)8-7-15(23)12-3-5-13(18)6-4-12/h3-6,9-11H,7-8H2,1-2H3. The molecule has 0 aliphatic carbocycles. The number of fused-ring (bicyclic) bond motifs is 1. The number of benzene rings is 1. The lowest BCUT2D eigenvalue weighted by atomic mass is 10.1. The van der Waals surface area contributed by atoms with Crippen LogP contribution >= 0.6 is 0 Å². The Labute approximate surface area is 137 Å². The summed E-state index contributed by atoms with van der Waals surface area (Å²) >= 11 is 0. The molecule has 1 aromatic carbocycles. The van der Waals surface area contributed by atoms with Crippen LogP contribution in [0.4, 0.5) is 4.39 Å². The molecule has 0 saturated heterocycles. The molecule has 0 amide bonds. The van der Waals surface area contributed by atoms with Crippen LogP contribution in [0.5, 0.6) is 0 Å². The normalized spacial score (nSPS) is 11.3. The quantitative estimate of drug-likeness (QED) is 0.675. The third-order valence-corrected chi connectivity index (χ3v) is 3.81. The van der Waals surface area contributed by atoms with Gasteiger partial charge < -0.3 is 0 Å². The van der Waals surface area contributed by atoms with Gasteiger partial charge in [0.15, 0.2) is 11.4 Å². The third-order valence-electron chi connectivity index (χ3n) is 3.81. The number of ketones is 1. The van der Waals surface area contributed by atoms with Crippen molar-refractivity contribution in [2.75, 3.05) is 0 Å². The Balaban J connectivity index is 1.80. The van der Waals surface area contributed by atoms with Crippen molar-refractivity contribution in [3.8, 4) is 0 Å². The van der Waals surface area contributed by atoms with E-state index in [-0.39, 0.29) is 36.2 Å². The summed E-state index contributed by atoms with van der Waals surface area (Å²) in [7, 11) is 0. The third kappa shape index (κ3) is 2.97. The van der Waals surface area contributed by atoms with Crippen LogP contribution in [0.2, 0.25) is 0 Å². The van der Waals surface area contributed by atoms with Gasteiger partial charge in [-0.1, -0.05) is 0 Å². The van der Waals surface area contributed by atoms with Crippen LogP contribution in [-0.2, 0) is 6.54 Å². The van der Waals surface area contributed by atoms with Gasteiger partial charge in [-0.3, -0.25) is 14.2 Å². The van der Waals surface area contributed by atoms with E-state index in [0.29, 0.717) is 16.6 Å². The number of hydrogen-bond donors (Lipinski definition) is 0. The highest BCUT2D eigenvalue weighted by atomic mass is 19.1. The number of aryl methyl sites for hydroxylation is 1. The molecule has 2 heterocycles. The van der Waals surface area contributed by atoms with Crippen molar-refractivity contribution >= 4 is 16.8 Å². The van der Waals surface area contributed by atoms with Crippen molar-refractivity contribution in [1.82, 2.24) is 19.3 Å². The van der Waals surface area contributed by atoms with Gasteiger partial charge in [-0.15, -0.1) is 0 Å². The van der Waals surface area contributed by atoms with Crippen LogP contribution < -0.4 is 5.56 Å². The highest BCUT2D eigenvalue weighted by molar-refractivity contribution is 5.95.